The Morgan fingerprint density at radius 2 is 2.12 bits per heavy atom. The molecule has 1 aliphatic heterocycles. The number of anilines is 1. The average molecular weight is 314 g/mol. The van der Waals surface area contributed by atoms with Gasteiger partial charge in [0, 0.05) is 15.9 Å². The highest BCUT2D eigenvalue weighted by Gasteiger charge is 2.39. The van der Waals surface area contributed by atoms with Gasteiger partial charge in [0.15, 0.2) is 0 Å². The number of nitrogens with zero attached hydrogens (tertiary/aromatic N) is 1. The zero-order valence-electron chi connectivity index (χ0n) is 10.3. The summed E-state index contributed by atoms with van der Waals surface area (Å²) >= 11 is 5.12. The Morgan fingerprint density at radius 1 is 1.41 bits per heavy atom. The van der Waals surface area contributed by atoms with Crippen LogP contribution in [0.2, 0.25) is 0 Å². The molecule has 0 bridgehead atoms. The number of rotatable bonds is 2. The minimum absolute atomic E-state index is 0.204. The number of thioether (sulfide) groups is 1. The van der Waals surface area contributed by atoms with Crippen molar-refractivity contribution in [1.29, 1.82) is 0 Å². The first-order chi connectivity index (χ1) is 7.95. The maximum Gasteiger partial charge on any atom is 0.243 e. The van der Waals surface area contributed by atoms with Crippen LogP contribution in [0.15, 0.2) is 27.6 Å². The first kappa shape index (κ1) is 13.0. The van der Waals surface area contributed by atoms with Crippen LogP contribution >= 0.6 is 27.7 Å². The van der Waals surface area contributed by atoms with Crippen LogP contribution in [0, 0.1) is 0 Å². The summed E-state index contributed by atoms with van der Waals surface area (Å²) in [6.45, 7) is 6.87. The molecule has 0 N–H and O–H groups in total. The van der Waals surface area contributed by atoms with Crippen LogP contribution in [-0.2, 0) is 4.79 Å². The van der Waals surface area contributed by atoms with Crippen molar-refractivity contribution < 1.29 is 4.79 Å². The molecule has 0 radical (unpaired) electrons. The number of benzene rings is 1. The fourth-order valence-corrected chi connectivity index (χ4v) is 3.49. The van der Waals surface area contributed by atoms with Gasteiger partial charge in [0.25, 0.3) is 0 Å². The van der Waals surface area contributed by atoms with Crippen molar-refractivity contribution in [2.24, 2.45) is 0 Å². The lowest BCUT2D eigenvalue weighted by atomic mass is 10.1. The molecular weight excluding hydrogens is 298 g/mol. The standard InChI is InChI=1S/C13H16BrNOS/c1-4-7-15-10-8-9(14)5-6-11(10)17-13(2,3)12(15)16/h5-6,8H,4,7H2,1-3H3. The Kier molecular flexibility index (Phi) is 3.55. The third-order valence-electron chi connectivity index (χ3n) is 2.78. The second-order valence-electron chi connectivity index (χ2n) is 4.68. The Morgan fingerprint density at radius 3 is 2.76 bits per heavy atom. The first-order valence-corrected chi connectivity index (χ1v) is 7.37. The molecule has 0 aliphatic carbocycles. The quantitative estimate of drug-likeness (QED) is 0.820. The van der Waals surface area contributed by atoms with Crippen molar-refractivity contribution in [1.82, 2.24) is 0 Å². The summed E-state index contributed by atoms with van der Waals surface area (Å²) in [5.41, 5.74) is 1.04. The topological polar surface area (TPSA) is 20.3 Å². The van der Waals surface area contributed by atoms with Crippen molar-refractivity contribution in [3.8, 4) is 0 Å². The molecular formula is C13H16BrNOS. The largest absolute Gasteiger partial charge is 0.310 e. The van der Waals surface area contributed by atoms with Gasteiger partial charge in [-0.25, -0.2) is 0 Å². The molecule has 2 nitrogen and oxygen atoms in total. The van der Waals surface area contributed by atoms with Gasteiger partial charge < -0.3 is 4.90 Å². The minimum Gasteiger partial charge on any atom is -0.310 e. The highest BCUT2D eigenvalue weighted by atomic mass is 79.9. The molecule has 0 atom stereocenters. The summed E-state index contributed by atoms with van der Waals surface area (Å²) in [4.78, 5) is 15.5. The lowest BCUT2D eigenvalue weighted by molar-refractivity contribution is -0.120. The van der Waals surface area contributed by atoms with Crippen LogP contribution < -0.4 is 4.90 Å². The lowest BCUT2D eigenvalue weighted by Crippen LogP contribution is -2.46. The van der Waals surface area contributed by atoms with E-state index in [1.54, 1.807) is 11.8 Å². The molecule has 1 aromatic carbocycles. The zero-order valence-corrected chi connectivity index (χ0v) is 12.7. The van der Waals surface area contributed by atoms with Crippen LogP contribution in [0.4, 0.5) is 5.69 Å². The normalized spacial score (nSPS) is 18.1. The number of fused-ring (bicyclic) bond motifs is 1. The fourth-order valence-electron chi connectivity index (χ4n) is 1.99. The molecule has 0 fully saturated rings. The summed E-state index contributed by atoms with van der Waals surface area (Å²) in [5, 5.41) is 0. The van der Waals surface area contributed by atoms with Gasteiger partial charge in [-0.1, -0.05) is 22.9 Å². The van der Waals surface area contributed by atoms with Crippen LogP contribution in [0.5, 0.6) is 0 Å². The van der Waals surface area contributed by atoms with Crippen molar-refractivity contribution in [2.75, 3.05) is 11.4 Å². The number of carbonyl (C=O) groups is 1. The van der Waals surface area contributed by atoms with Gasteiger partial charge >= 0.3 is 0 Å². The van der Waals surface area contributed by atoms with Crippen molar-refractivity contribution in [3.63, 3.8) is 0 Å². The van der Waals surface area contributed by atoms with Gasteiger partial charge in [-0.3, -0.25) is 4.79 Å². The third kappa shape index (κ3) is 2.38. The van der Waals surface area contributed by atoms with E-state index in [0.29, 0.717) is 0 Å². The van der Waals surface area contributed by atoms with Crippen LogP contribution in [0.3, 0.4) is 0 Å². The van der Waals surface area contributed by atoms with Crippen LogP contribution in [-0.4, -0.2) is 17.2 Å². The maximum absolute atomic E-state index is 12.4. The Labute approximate surface area is 115 Å². The van der Waals surface area contributed by atoms with E-state index in [9.17, 15) is 4.79 Å². The molecule has 1 heterocycles. The number of halogens is 1. The van der Waals surface area contributed by atoms with E-state index in [4.69, 9.17) is 0 Å². The highest BCUT2D eigenvalue weighted by Crippen LogP contribution is 2.45. The molecule has 0 unspecified atom stereocenters. The molecule has 1 aromatic rings. The predicted molar refractivity (Wildman–Crippen MR) is 76.7 cm³/mol. The van der Waals surface area contributed by atoms with Crippen molar-refractivity contribution in [2.45, 2.75) is 36.8 Å². The molecule has 0 saturated carbocycles. The zero-order chi connectivity index (χ0) is 12.6. The summed E-state index contributed by atoms with van der Waals surface area (Å²) in [5.74, 6) is 0.204. The van der Waals surface area contributed by atoms with Gasteiger partial charge in [-0.05, 0) is 38.5 Å². The number of carbonyl (C=O) groups excluding carboxylic acids is 1. The van der Waals surface area contributed by atoms with E-state index >= 15 is 0 Å². The van der Waals surface area contributed by atoms with E-state index < -0.39 is 0 Å². The van der Waals surface area contributed by atoms with Crippen molar-refractivity contribution >= 4 is 39.3 Å². The summed E-state index contributed by atoms with van der Waals surface area (Å²) in [6, 6.07) is 6.15. The van der Waals surface area contributed by atoms with Gasteiger partial charge in [-0.2, -0.15) is 0 Å². The highest BCUT2D eigenvalue weighted by molar-refractivity contribution is 9.10. The van der Waals surface area contributed by atoms with Crippen LogP contribution in [0.1, 0.15) is 27.2 Å². The molecule has 92 valence electrons. The minimum atomic E-state index is -0.365. The lowest BCUT2D eigenvalue weighted by Gasteiger charge is -2.38. The Balaban J connectivity index is 2.51. The molecule has 1 aliphatic rings. The van der Waals surface area contributed by atoms with Crippen LogP contribution in [0.25, 0.3) is 0 Å². The first-order valence-electron chi connectivity index (χ1n) is 5.76. The smallest absolute Gasteiger partial charge is 0.243 e. The summed E-state index contributed by atoms with van der Waals surface area (Å²) in [6.07, 6.45) is 0.971. The predicted octanol–water partition coefficient (Wildman–Crippen LogP) is 4.08. The fraction of sp³-hybridized carbons (Fsp3) is 0.462. The number of hydrogen-bond acceptors (Lipinski definition) is 2. The summed E-state index contributed by atoms with van der Waals surface area (Å²) in [7, 11) is 0. The number of amides is 1. The van der Waals surface area contributed by atoms with E-state index in [-0.39, 0.29) is 10.7 Å². The molecule has 1 amide bonds. The average Bonchev–Trinajstić information content (AvgIpc) is 2.26. The summed E-state index contributed by atoms with van der Waals surface area (Å²) < 4.78 is 0.654. The van der Waals surface area contributed by atoms with Gasteiger partial charge in [0.1, 0.15) is 0 Å². The maximum atomic E-state index is 12.4. The number of hydrogen-bond donors (Lipinski definition) is 0. The molecule has 0 spiro atoms. The Hall–Kier alpha value is -0.480. The molecule has 2 rings (SSSR count). The SMILES string of the molecule is CCCN1C(=O)C(C)(C)Sc2ccc(Br)cc21. The van der Waals surface area contributed by atoms with Gasteiger partial charge in [-0.15, -0.1) is 11.8 Å². The molecule has 4 heteroatoms. The van der Waals surface area contributed by atoms with E-state index in [1.807, 2.05) is 30.9 Å². The molecule has 0 aromatic heterocycles. The van der Waals surface area contributed by atoms with Crippen molar-refractivity contribution in [3.05, 3.63) is 22.7 Å². The second-order valence-corrected chi connectivity index (χ2v) is 7.26. The van der Waals surface area contributed by atoms with E-state index in [1.165, 1.54) is 4.90 Å². The van der Waals surface area contributed by atoms with E-state index in [0.717, 1.165) is 23.1 Å². The molecule has 17 heavy (non-hydrogen) atoms. The van der Waals surface area contributed by atoms with Gasteiger partial charge in [0.2, 0.25) is 5.91 Å². The van der Waals surface area contributed by atoms with Gasteiger partial charge in [0.05, 0.1) is 10.4 Å². The molecule has 0 saturated heterocycles. The third-order valence-corrected chi connectivity index (χ3v) is 4.53. The van der Waals surface area contributed by atoms with E-state index in [2.05, 4.69) is 28.9 Å². The Bertz CT molecular complexity index is 459. The monoisotopic (exact) mass is 313 g/mol. The second kappa shape index (κ2) is 4.65.